The van der Waals surface area contributed by atoms with Gasteiger partial charge in [0.1, 0.15) is 0 Å². The Balaban J connectivity index is 4.46. The lowest BCUT2D eigenvalue weighted by molar-refractivity contribution is 0.137. The zero-order chi connectivity index (χ0) is 12.1. The van der Waals surface area contributed by atoms with Crippen molar-refractivity contribution >= 4 is 10.0 Å². The average molecular weight is 239 g/mol. The fourth-order valence-electron chi connectivity index (χ4n) is 0.999. The molecular formula is C9H21NO4S. The number of aliphatic hydroxyl groups excluding tert-OH is 1. The van der Waals surface area contributed by atoms with Crippen LogP contribution in [0.5, 0.6) is 0 Å². The summed E-state index contributed by atoms with van der Waals surface area (Å²) < 4.78 is 29.6. The minimum absolute atomic E-state index is 0.0424. The first-order valence-electron chi connectivity index (χ1n) is 4.84. The predicted molar refractivity (Wildman–Crippen MR) is 59.2 cm³/mol. The molecule has 0 aromatic heterocycles. The maximum Gasteiger partial charge on any atom is 0.214 e. The van der Waals surface area contributed by atoms with Gasteiger partial charge in [-0.05, 0) is 20.3 Å². The van der Waals surface area contributed by atoms with E-state index in [1.54, 1.807) is 13.8 Å². The second-order valence-corrected chi connectivity index (χ2v) is 6.22. The molecule has 6 heteroatoms. The first-order valence-corrected chi connectivity index (χ1v) is 6.45. The molecule has 0 unspecified atom stereocenters. The third kappa shape index (κ3) is 4.46. The van der Waals surface area contributed by atoms with Crippen molar-refractivity contribution < 1.29 is 18.3 Å². The summed E-state index contributed by atoms with van der Waals surface area (Å²) in [7, 11) is -0.289. The Bertz CT molecular complexity index is 274. The van der Waals surface area contributed by atoms with Gasteiger partial charge in [-0.25, -0.2) is 8.42 Å². The highest BCUT2D eigenvalue weighted by molar-refractivity contribution is 7.89. The summed E-state index contributed by atoms with van der Waals surface area (Å²) in [5.74, 6) is 0.0424. The highest BCUT2D eigenvalue weighted by atomic mass is 32.2. The molecule has 0 atom stereocenters. The average Bonchev–Trinajstić information content (AvgIpc) is 2.17. The number of methoxy groups -OCH3 is 1. The normalized spacial score (nSPS) is 13.5. The highest BCUT2D eigenvalue weighted by Gasteiger charge is 2.31. The Morgan fingerprint density at radius 1 is 1.40 bits per heavy atom. The van der Waals surface area contributed by atoms with Crippen molar-refractivity contribution in [3.63, 3.8) is 0 Å². The number of hydrogen-bond donors (Lipinski definition) is 1. The maximum atomic E-state index is 11.8. The van der Waals surface area contributed by atoms with Gasteiger partial charge in [0.25, 0.3) is 0 Å². The van der Waals surface area contributed by atoms with E-state index in [1.807, 2.05) is 0 Å². The molecule has 0 heterocycles. The van der Waals surface area contributed by atoms with Gasteiger partial charge in [0.2, 0.25) is 10.0 Å². The Kier molecular flexibility index (Phi) is 5.72. The number of likely N-dealkylation sites (N-methyl/N-ethyl adjacent to an activating group) is 1. The molecule has 15 heavy (non-hydrogen) atoms. The molecule has 0 saturated carbocycles. The monoisotopic (exact) mass is 239 g/mol. The van der Waals surface area contributed by atoms with Crippen LogP contribution >= 0.6 is 0 Å². The molecular weight excluding hydrogens is 218 g/mol. The third-order valence-corrected chi connectivity index (χ3v) is 4.54. The van der Waals surface area contributed by atoms with Crippen LogP contribution in [0, 0.1) is 0 Å². The van der Waals surface area contributed by atoms with Crippen molar-refractivity contribution in [1.29, 1.82) is 0 Å². The summed E-state index contributed by atoms with van der Waals surface area (Å²) in [6, 6.07) is 0. The summed E-state index contributed by atoms with van der Waals surface area (Å²) in [6.45, 7) is 3.58. The number of rotatable bonds is 7. The summed E-state index contributed by atoms with van der Waals surface area (Å²) >= 11 is 0. The van der Waals surface area contributed by atoms with Crippen molar-refractivity contribution in [2.45, 2.75) is 25.8 Å². The van der Waals surface area contributed by atoms with E-state index in [2.05, 4.69) is 0 Å². The minimum atomic E-state index is -3.31. The molecule has 0 aromatic rings. The lowest BCUT2D eigenvalue weighted by Crippen LogP contribution is -2.48. The largest absolute Gasteiger partial charge is 0.394 e. The fourth-order valence-corrected chi connectivity index (χ4v) is 2.57. The predicted octanol–water partition coefficient (Wildman–Crippen LogP) is 0.0554. The molecule has 0 rings (SSSR count). The van der Waals surface area contributed by atoms with Crippen LogP contribution in [0.3, 0.4) is 0 Å². The van der Waals surface area contributed by atoms with Crippen LogP contribution in [0.4, 0.5) is 0 Å². The van der Waals surface area contributed by atoms with Gasteiger partial charge >= 0.3 is 0 Å². The van der Waals surface area contributed by atoms with E-state index in [4.69, 9.17) is 9.84 Å². The molecule has 1 N–H and O–H groups in total. The summed E-state index contributed by atoms with van der Waals surface area (Å²) in [5.41, 5.74) is -0.758. The van der Waals surface area contributed by atoms with Gasteiger partial charge in [-0.1, -0.05) is 0 Å². The number of nitrogens with zero attached hydrogens (tertiary/aromatic N) is 1. The van der Waals surface area contributed by atoms with Gasteiger partial charge < -0.3 is 9.84 Å². The van der Waals surface area contributed by atoms with Crippen LogP contribution < -0.4 is 0 Å². The lowest BCUT2D eigenvalue weighted by atomic mass is 10.1. The van der Waals surface area contributed by atoms with E-state index in [1.165, 1.54) is 18.5 Å². The van der Waals surface area contributed by atoms with E-state index >= 15 is 0 Å². The van der Waals surface area contributed by atoms with E-state index in [-0.39, 0.29) is 12.4 Å². The summed E-state index contributed by atoms with van der Waals surface area (Å²) in [6.07, 6.45) is 0.463. The second-order valence-electron chi connectivity index (χ2n) is 4.10. The second kappa shape index (κ2) is 5.79. The van der Waals surface area contributed by atoms with E-state index in [0.29, 0.717) is 13.0 Å². The molecule has 0 aliphatic rings. The molecule has 92 valence electrons. The molecule has 0 fully saturated rings. The molecule has 0 aliphatic carbocycles. The lowest BCUT2D eigenvalue weighted by Gasteiger charge is -2.32. The van der Waals surface area contributed by atoms with Crippen LogP contribution in [-0.4, -0.2) is 56.5 Å². The first kappa shape index (κ1) is 14.8. The first-order chi connectivity index (χ1) is 6.78. The minimum Gasteiger partial charge on any atom is -0.394 e. The standard InChI is InChI=1S/C9H21NO4S/c1-9(2,8-11)10(3)15(12,13)7-5-6-14-4/h11H,5-8H2,1-4H3. The molecule has 0 saturated heterocycles. The van der Waals surface area contributed by atoms with Crippen LogP contribution in [0.15, 0.2) is 0 Å². The van der Waals surface area contributed by atoms with E-state index < -0.39 is 15.6 Å². The molecule has 0 radical (unpaired) electrons. The molecule has 0 amide bonds. The topological polar surface area (TPSA) is 66.8 Å². The number of hydrogen-bond acceptors (Lipinski definition) is 4. The zero-order valence-corrected chi connectivity index (χ0v) is 10.7. The number of sulfonamides is 1. The Hall–Kier alpha value is -0.170. The van der Waals surface area contributed by atoms with E-state index in [9.17, 15) is 8.42 Å². The summed E-state index contributed by atoms with van der Waals surface area (Å²) in [4.78, 5) is 0. The van der Waals surface area contributed by atoms with Gasteiger partial charge in [0, 0.05) is 20.8 Å². The molecule has 5 nitrogen and oxygen atoms in total. The van der Waals surface area contributed by atoms with Crippen LogP contribution in [0.1, 0.15) is 20.3 Å². The molecule has 0 bridgehead atoms. The zero-order valence-electron chi connectivity index (χ0n) is 9.86. The fraction of sp³-hybridized carbons (Fsp3) is 1.00. The van der Waals surface area contributed by atoms with Crippen LogP contribution in [-0.2, 0) is 14.8 Å². The Labute approximate surface area is 92.1 Å². The molecule has 0 aromatic carbocycles. The van der Waals surface area contributed by atoms with Crippen molar-refractivity contribution in [3.05, 3.63) is 0 Å². The van der Waals surface area contributed by atoms with Crippen LogP contribution in [0.2, 0.25) is 0 Å². The highest BCUT2D eigenvalue weighted by Crippen LogP contribution is 2.16. The van der Waals surface area contributed by atoms with Crippen molar-refractivity contribution in [2.24, 2.45) is 0 Å². The smallest absolute Gasteiger partial charge is 0.214 e. The van der Waals surface area contributed by atoms with Crippen molar-refractivity contribution in [2.75, 3.05) is 33.1 Å². The summed E-state index contributed by atoms with van der Waals surface area (Å²) in [5, 5.41) is 9.07. The Morgan fingerprint density at radius 3 is 2.33 bits per heavy atom. The van der Waals surface area contributed by atoms with E-state index in [0.717, 1.165) is 0 Å². The van der Waals surface area contributed by atoms with Gasteiger partial charge in [-0.15, -0.1) is 0 Å². The van der Waals surface area contributed by atoms with Crippen LogP contribution in [0.25, 0.3) is 0 Å². The van der Waals surface area contributed by atoms with Crippen molar-refractivity contribution in [1.82, 2.24) is 4.31 Å². The van der Waals surface area contributed by atoms with Gasteiger partial charge in [-0.2, -0.15) is 4.31 Å². The number of aliphatic hydroxyl groups is 1. The van der Waals surface area contributed by atoms with Gasteiger partial charge in [0.15, 0.2) is 0 Å². The quantitative estimate of drug-likeness (QED) is 0.638. The SMILES string of the molecule is COCCCS(=O)(=O)N(C)C(C)(C)CO. The van der Waals surface area contributed by atoms with Gasteiger partial charge in [0.05, 0.1) is 17.9 Å². The molecule has 0 spiro atoms. The van der Waals surface area contributed by atoms with Crippen molar-refractivity contribution in [3.8, 4) is 0 Å². The maximum absolute atomic E-state index is 11.8. The molecule has 0 aliphatic heterocycles. The van der Waals surface area contributed by atoms with Gasteiger partial charge in [-0.3, -0.25) is 0 Å². The number of ether oxygens (including phenoxy) is 1. The third-order valence-electron chi connectivity index (χ3n) is 2.41. The Morgan fingerprint density at radius 2 is 1.93 bits per heavy atom.